The number of nitriles is 2. The van der Waals surface area contributed by atoms with Crippen molar-refractivity contribution in [2.45, 2.75) is 4.90 Å². The lowest BCUT2D eigenvalue weighted by atomic mass is 10.2. The van der Waals surface area contributed by atoms with Gasteiger partial charge in [0.25, 0.3) is 0 Å². The summed E-state index contributed by atoms with van der Waals surface area (Å²) in [5, 5.41) is 19.0. The summed E-state index contributed by atoms with van der Waals surface area (Å²) in [5.74, 6) is 0. The Morgan fingerprint density at radius 3 is 1.87 bits per heavy atom. The van der Waals surface area contributed by atoms with Crippen molar-refractivity contribution >= 4 is 39.9 Å². The van der Waals surface area contributed by atoms with Gasteiger partial charge in [0, 0.05) is 19.8 Å². The third kappa shape index (κ3) is 5.20. The fourth-order valence-corrected chi connectivity index (χ4v) is 2.86. The molecule has 5 heteroatoms. The Morgan fingerprint density at radius 1 is 0.826 bits per heavy atom. The van der Waals surface area contributed by atoms with E-state index in [9.17, 15) is 0 Å². The van der Waals surface area contributed by atoms with E-state index in [-0.39, 0.29) is 5.57 Å². The van der Waals surface area contributed by atoms with Crippen LogP contribution in [0, 0.1) is 22.7 Å². The number of thioether (sulfide) groups is 1. The van der Waals surface area contributed by atoms with Crippen LogP contribution in [0.2, 0.25) is 10.0 Å². The zero-order chi connectivity index (χ0) is 16.7. The Morgan fingerprint density at radius 2 is 1.35 bits per heavy atom. The summed E-state index contributed by atoms with van der Waals surface area (Å²) in [6.07, 6.45) is 3.26. The van der Waals surface area contributed by atoms with Crippen molar-refractivity contribution in [3.63, 3.8) is 0 Å². The minimum absolute atomic E-state index is 0.0492. The molecule has 23 heavy (non-hydrogen) atoms. The van der Waals surface area contributed by atoms with E-state index >= 15 is 0 Å². The van der Waals surface area contributed by atoms with Gasteiger partial charge in [0.1, 0.15) is 17.7 Å². The molecule has 0 bridgehead atoms. The first-order chi connectivity index (χ1) is 11.1. The summed E-state index contributed by atoms with van der Waals surface area (Å²) in [6, 6.07) is 18.5. The Labute approximate surface area is 149 Å². The van der Waals surface area contributed by atoms with Gasteiger partial charge in [-0.25, -0.2) is 0 Å². The van der Waals surface area contributed by atoms with Gasteiger partial charge in [-0.1, -0.05) is 47.1 Å². The highest BCUT2D eigenvalue weighted by Crippen LogP contribution is 2.35. The Balaban J connectivity index is 2.39. The Hall–Kier alpha value is -2.17. The monoisotopic (exact) mass is 356 g/mol. The van der Waals surface area contributed by atoms with Gasteiger partial charge < -0.3 is 0 Å². The molecular weight excluding hydrogens is 347 g/mol. The van der Waals surface area contributed by atoms with E-state index in [1.165, 1.54) is 17.8 Å². The van der Waals surface area contributed by atoms with E-state index < -0.39 is 0 Å². The predicted molar refractivity (Wildman–Crippen MR) is 96.0 cm³/mol. The van der Waals surface area contributed by atoms with Crippen LogP contribution < -0.4 is 0 Å². The number of hydrogen-bond donors (Lipinski definition) is 0. The Bertz CT molecular complexity index is 807. The molecule has 0 unspecified atom stereocenters. The number of allylic oxidation sites excluding steroid dienone is 3. The van der Waals surface area contributed by atoms with Gasteiger partial charge in [-0.3, -0.25) is 0 Å². The van der Waals surface area contributed by atoms with Crippen LogP contribution in [-0.2, 0) is 0 Å². The molecule has 0 amide bonds. The van der Waals surface area contributed by atoms with Gasteiger partial charge in [0.2, 0.25) is 0 Å². The number of benzene rings is 2. The largest absolute Gasteiger partial charge is 0.192 e. The smallest absolute Gasteiger partial charge is 0.129 e. The molecule has 0 saturated heterocycles. The van der Waals surface area contributed by atoms with E-state index in [4.69, 9.17) is 33.7 Å². The van der Waals surface area contributed by atoms with E-state index in [0.29, 0.717) is 10.0 Å². The molecule has 2 rings (SSSR count). The van der Waals surface area contributed by atoms with Gasteiger partial charge in [0.15, 0.2) is 0 Å². The van der Waals surface area contributed by atoms with Gasteiger partial charge >= 0.3 is 0 Å². The lowest BCUT2D eigenvalue weighted by Gasteiger charge is -2.07. The zero-order valence-corrected chi connectivity index (χ0v) is 14.2. The maximum Gasteiger partial charge on any atom is 0.129 e. The molecule has 0 aliphatic rings. The minimum atomic E-state index is 0.0492. The van der Waals surface area contributed by atoms with Crippen LogP contribution in [-0.4, -0.2) is 0 Å². The van der Waals surface area contributed by atoms with Crippen LogP contribution >= 0.6 is 35.0 Å². The number of hydrogen-bond acceptors (Lipinski definition) is 3. The predicted octanol–water partition coefficient (Wildman–Crippen LogP) is 6.10. The molecule has 0 aromatic heterocycles. The zero-order valence-electron chi connectivity index (χ0n) is 11.8. The molecular formula is C18H10Cl2N2S. The second-order valence-electron chi connectivity index (χ2n) is 4.40. The van der Waals surface area contributed by atoms with E-state index in [2.05, 4.69) is 0 Å². The standard InChI is InChI=1S/C18H10Cl2N2S/c19-15-4-2-14(3-5-15)18(10-1-13(11-21)12-22)23-17-8-6-16(20)7-9-17/h1-10H. The van der Waals surface area contributed by atoms with Crippen LogP contribution in [0.5, 0.6) is 0 Å². The molecule has 112 valence electrons. The second kappa shape index (κ2) is 8.46. The van der Waals surface area contributed by atoms with Crippen LogP contribution in [0.3, 0.4) is 0 Å². The second-order valence-corrected chi connectivity index (χ2v) is 6.39. The Kier molecular flexibility index (Phi) is 6.32. The average molecular weight is 357 g/mol. The summed E-state index contributed by atoms with van der Waals surface area (Å²) in [5.41, 5.74) is 0.994. The SMILES string of the molecule is N#CC(C#N)=CC=C(Sc1ccc(Cl)cc1)c1ccc(Cl)cc1. The van der Waals surface area contributed by atoms with E-state index in [1.807, 2.05) is 48.5 Å². The molecule has 0 heterocycles. The number of nitrogens with zero attached hydrogens (tertiary/aromatic N) is 2. The number of halogens is 2. The average Bonchev–Trinajstić information content (AvgIpc) is 2.57. The molecule has 2 nitrogen and oxygen atoms in total. The van der Waals surface area contributed by atoms with Crippen molar-refractivity contribution in [1.29, 1.82) is 10.5 Å². The maximum absolute atomic E-state index is 8.86. The highest BCUT2D eigenvalue weighted by molar-refractivity contribution is 8.08. The first-order valence-corrected chi connectivity index (χ1v) is 8.11. The molecule has 0 N–H and O–H groups in total. The van der Waals surface area contributed by atoms with Crippen molar-refractivity contribution in [2.75, 3.05) is 0 Å². The normalized spacial score (nSPS) is 10.5. The molecule has 0 radical (unpaired) electrons. The lowest BCUT2D eigenvalue weighted by molar-refractivity contribution is 1.46. The summed E-state index contributed by atoms with van der Waals surface area (Å²) in [4.78, 5) is 1.89. The topological polar surface area (TPSA) is 47.6 Å². The van der Waals surface area contributed by atoms with Crippen molar-refractivity contribution < 1.29 is 0 Å². The highest BCUT2D eigenvalue weighted by atomic mass is 35.5. The van der Waals surface area contributed by atoms with Gasteiger partial charge in [-0.15, -0.1) is 0 Å². The molecule has 0 fully saturated rings. The highest BCUT2D eigenvalue weighted by Gasteiger charge is 2.05. The van der Waals surface area contributed by atoms with Crippen molar-refractivity contribution in [3.8, 4) is 12.1 Å². The van der Waals surface area contributed by atoms with Gasteiger partial charge in [-0.2, -0.15) is 10.5 Å². The lowest BCUT2D eigenvalue weighted by Crippen LogP contribution is -1.81. The summed E-state index contributed by atoms with van der Waals surface area (Å²) in [6.45, 7) is 0. The molecule has 0 saturated carbocycles. The van der Waals surface area contributed by atoms with Crippen molar-refractivity contribution in [2.24, 2.45) is 0 Å². The van der Waals surface area contributed by atoms with Crippen LogP contribution in [0.4, 0.5) is 0 Å². The molecule has 0 spiro atoms. The van der Waals surface area contributed by atoms with E-state index in [0.717, 1.165) is 15.4 Å². The van der Waals surface area contributed by atoms with Crippen molar-refractivity contribution in [1.82, 2.24) is 0 Å². The quantitative estimate of drug-likeness (QED) is 0.377. The van der Waals surface area contributed by atoms with Crippen LogP contribution in [0.1, 0.15) is 5.56 Å². The van der Waals surface area contributed by atoms with Crippen molar-refractivity contribution in [3.05, 3.63) is 81.9 Å². The molecule has 0 aliphatic heterocycles. The first-order valence-electron chi connectivity index (χ1n) is 6.54. The molecule has 2 aromatic carbocycles. The van der Waals surface area contributed by atoms with Gasteiger partial charge in [-0.05, 0) is 54.1 Å². The number of rotatable bonds is 4. The van der Waals surface area contributed by atoms with E-state index in [1.54, 1.807) is 18.2 Å². The first kappa shape index (κ1) is 17.2. The van der Waals surface area contributed by atoms with Crippen LogP contribution in [0.25, 0.3) is 4.91 Å². The molecule has 2 aromatic rings. The maximum atomic E-state index is 8.86. The molecule has 0 aliphatic carbocycles. The third-order valence-electron chi connectivity index (χ3n) is 2.81. The minimum Gasteiger partial charge on any atom is -0.192 e. The molecule has 0 atom stereocenters. The fourth-order valence-electron chi connectivity index (χ4n) is 1.69. The van der Waals surface area contributed by atoms with Crippen LogP contribution in [0.15, 0.2) is 71.2 Å². The third-order valence-corrected chi connectivity index (χ3v) is 4.42. The summed E-state index contributed by atoms with van der Waals surface area (Å²) < 4.78 is 0. The summed E-state index contributed by atoms with van der Waals surface area (Å²) >= 11 is 13.3. The van der Waals surface area contributed by atoms with Gasteiger partial charge in [0.05, 0.1) is 0 Å². The summed E-state index contributed by atoms with van der Waals surface area (Å²) in [7, 11) is 0. The fraction of sp³-hybridized carbons (Fsp3) is 0.